The van der Waals surface area contributed by atoms with Gasteiger partial charge in [0.15, 0.2) is 0 Å². The Morgan fingerprint density at radius 2 is 1.65 bits per heavy atom. The number of nitrogens with zero attached hydrogens (tertiary/aromatic N) is 1. The molecule has 0 spiro atoms. The summed E-state index contributed by atoms with van der Waals surface area (Å²) in [7, 11) is 0. The standard InChI is InChI=1S/C26H35N3O5/c1-18-11-13-21(14-12-18)22(23(31)27-17-20-9-7-6-8-10-20)29(15-16-30)24(32)19(2)28-25(33)34-26(3,4)5/h6-14,19,22,30H,15-17H2,1-5H3,(H,27,31)(H,28,33). The molecule has 0 aliphatic carbocycles. The van der Waals surface area contributed by atoms with Crippen molar-refractivity contribution < 1.29 is 24.2 Å². The molecule has 2 unspecified atom stereocenters. The van der Waals surface area contributed by atoms with Crippen molar-refractivity contribution in [1.29, 1.82) is 0 Å². The number of carbonyl (C=O) groups excluding carboxylic acids is 3. The molecule has 8 heteroatoms. The molecule has 2 atom stereocenters. The molecule has 0 bridgehead atoms. The first kappa shape index (κ1) is 26.9. The van der Waals surface area contributed by atoms with Crippen LogP contribution in [0.3, 0.4) is 0 Å². The molecule has 184 valence electrons. The molecule has 0 heterocycles. The fourth-order valence-corrected chi connectivity index (χ4v) is 3.37. The van der Waals surface area contributed by atoms with E-state index in [9.17, 15) is 19.5 Å². The van der Waals surface area contributed by atoms with Crippen molar-refractivity contribution in [3.63, 3.8) is 0 Å². The van der Waals surface area contributed by atoms with Crippen LogP contribution in [-0.2, 0) is 20.9 Å². The predicted octanol–water partition coefficient (Wildman–Crippen LogP) is 3.09. The van der Waals surface area contributed by atoms with Gasteiger partial charge in [-0.15, -0.1) is 0 Å². The number of aryl methyl sites for hydroxylation is 1. The van der Waals surface area contributed by atoms with Crippen molar-refractivity contribution in [3.05, 3.63) is 71.3 Å². The van der Waals surface area contributed by atoms with Crippen LogP contribution in [0.4, 0.5) is 4.79 Å². The van der Waals surface area contributed by atoms with E-state index in [0.717, 1.165) is 11.1 Å². The van der Waals surface area contributed by atoms with Crippen LogP contribution >= 0.6 is 0 Å². The third-order valence-corrected chi connectivity index (χ3v) is 4.99. The Kier molecular flexibility index (Phi) is 9.62. The lowest BCUT2D eigenvalue weighted by Crippen LogP contribution is -2.52. The van der Waals surface area contributed by atoms with Gasteiger partial charge in [0.1, 0.15) is 17.7 Å². The topological polar surface area (TPSA) is 108 Å². The van der Waals surface area contributed by atoms with Crippen LogP contribution in [0, 0.1) is 6.92 Å². The van der Waals surface area contributed by atoms with E-state index in [1.54, 1.807) is 32.9 Å². The molecule has 2 rings (SSSR count). The van der Waals surface area contributed by atoms with Crippen LogP contribution in [0.5, 0.6) is 0 Å². The second kappa shape index (κ2) is 12.2. The molecule has 0 aliphatic heterocycles. The van der Waals surface area contributed by atoms with E-state index in [0.29, 0.717) is 5.56 Å². The predicted molar refractivity (Wildman–Crippen MR) is 130 cm³/mol. The number of benzene rings is 2. The summed E-state index contributed by atoms with van der Waals surface area (Å²) in [6, 6.07) is 14.7. The summed E-state index contributed by atoms with van der Waals surface area (Å²) in [6.07, 6.45) is -0.738. The van der Waals surface area contributed by atoms with Crippen molar-refractivity contribution >= 4 is 17.9 Å². The van der Waals surface area contributed by atoms with E-state index >= 15 is 0 Å². The Labute approximate surface area is 201 Å². The molecule has 0 saturated heterocycles. The molecule has 0 saturated carbocycles. The molecule has 3 N–H and O–H groups in total. The molecule has 0 radical (unpaired) electrons. The number of alkyl carbamates (subject to hydrolysis) is 1. The monoisotopic (exact) mass is 469 g/mol. The van der Waals surface area contributed by atoms with Gasteiger partial charge in [0.05, 0.1) is 6.61 Å². The highest BCUT2D eigenvalue weighted by Gasteiger charge is 2.34. The summed E-state index contributed by atoms with van der Waals surface area (Å²) in [5.41, 5.74) is 1.80. The van der Waals surface area contributed by atoms with Crippen molar-refractivity contribution in [2.24, 2.45) is 0 Å². The minimum atomic E-state index is -0.994. The number of rotatable bonds is 9. The first-order valence-electron chi connectivity index (χ1n) is 11.3. The number of hydrogen-bond acceptors (Lipinski definition) is 5. The van der Waals surface area contributed by atoms with Gasteiger partial charge in [-0.25, -0.2) is 4.79 Å². The maximum atomic E-state index is 13.4. The van der Waals surface area contributed by atoms with Crippen LogP contribution in [-0.4, -0.2) is 52.7 Å². The SMILES string of the molecule is Cc1ccc(C(C(=O)NCc2ccccc2)N(CCO)C(=O)C(C)NC(=O)OC(C)(C)C)cc1. The second-order valence-corrected chi connectivity index (χ2v) is 9.14. The summed E-state index contributed by atoms with van der Waals surface area (Å²) in [5, 5.41) is 15.1. The largest absolute Gasteiger partial charge is 0.444 e. The third-order valence-electron chi connectivity index (χ3n) is 4.99. The Hall–Kier alpha value is -3.39. The highest BCUT2D eigenvalue weighted by Crippen LogP contribution is 2.23. The van der Waals surface area contributed by atoms with Gasteiger partial charge < -0.3 is 25.4 Å². The molecule has 0 aromatic heterocycles. The zero-order valence-corrected chi connectivity index (χ0v) is 20.5. The van der Waals surface area contributed by atoms with Crippen LogP contribution in [0.1, 0.15) is 50.4 Å². The summed E-state index contributed by atoms with van der Waals surface area (Å²) < 4.78 is 5.24. The van der Waals surface area contributed by atoms with Gasteiger partial charge in [0.25, 0.3) is 0 Å². The van der Waals surface area contributed by atoms with Gasteiger partial charge in [-0.05, 0) is 45.7 Å². The summed E-state index contributed by atoms with van der Waals surface area (Å²) in [5.74, 6) is -0.903. The van der Waals surface area contributed by atoms with Gasteiger partial charge >= 0.3 is 6.09 Å². The van der Waals surface area contributed by atoms with E-state index in [4.69, 9.17) is 4.74 Å². The number of amides is 3. The van der Waals surface area contributed by atoms with Crippen molar-refractivity contribution in [3.8, 4) is 0 Å². The average Bonchev–Trinajstić information content (AvgIpc) is 2.77. The molecule has 2 aromatic rings. The van der Waals surface area contributed by atoms with Crippen molar-refractivity contribution in [1.82, 2.24) is 15.5 Å². The summed E-state index contributed by atoms with van der Waals surface area (Å²) in [4.78, 5) is 40.2. The summed E-state index contributed by atoms with van der Waals surface area (Å²) in [6.45, 7) is 8.47. The molecular formula is C26H35N3O5. The lowest BCUT2D eigenvalue weighted by Gasteiger charge is -2.33. The van der Waals surface area contributed by atoms with Gasteiger partial charge in [0.2, 0.25) is 11.8 Å². The van der Waals surface area contributed by atoms with E-state index in [-0.39, 0.29) is 25.6 Å². The second-order valence-electron chi connectivity index (χ2n) is 9.14. The number of hydrogen-bond donors (Lipinski definition) is 3. The fraction of sp³-hybridized carbons (Fsp3) is 0.423. The normalized spacial score (nSPS) is 12.9. The molecule has 3 amide bonds. The van der Waals surface area contributed by atoms with E-state index in [1.165, 1.54) is 11.8 Å². The first-order chi connectivity index (χ1) is 16.0. The van der Waals surface area contributed by atoms with E-state index < -0.39 is 29.7 Å². The lowest BCUT2D eigenvalue weighted by molar-refractivity contribution is -0.142. The van der Waals surface area contributed by atoms with Crippen LogP contribution in [0.25, 0.3) is 0 Å². The zero-order chi connectivity index (χ0) is 25.3. The highest BCUT2D eigenvalue weighted by molar-refractivity contribution is 5.92. The number of nitrogens with one attached hydrogen (secondary N) is 2. The molecule has 34 heavy (non-hydrogen) atoms. The Bertz CT molecular complexity index is 955. The van der Waals surface area contributed by atoms with Gasteiger partial charge in [0, 0.05) is 13.1 Å². The summed E-state index contributed by atoms with van der Waals surface area (Å²) >= 11 is 0. The minimum Gasteiger partial charge on any atom is -0.444 e. The Balaban J connectivity index is 2.29. The first-order valence-corrected chi connectivity index (χ1v) is 11.3. The van der Waals surface area contributed by atoms with Gasteiger partial charge in [-0.2, -0.15) is 0 Å². The highest BCUT2D eigenvalue weighted by atomic mass is 16.6. The van der Waals surface area contributed by atoms with Crippen LogP contribution < -0.4 is 10.6 Å². The van der Waals surface area contributed by atoms with Crippen LogP contribution in [0.2, 0.25) is 0 Å². The average molecular weight is 470 g/mol. The van der Waals surface area contributed by atoms with E-state index in [1.807, 2.05) is 49.4 Å². The molecular weight excluding hydrogens is 434 g/mol. The molecule has 8 nitrogen and oxygen atoms in total. The number of aliphatic hydroxyl groups excluding tert-OH is 1. The smallest absolute Gasteiger partial charge is 0.408 e. The van der Waals surface area contributed by atoms with Crippen LogP contribution in [0.15, 0.2) is 54.6 Å². The Morgan fingerprint density at radius 1 is 1.03 bits per heavy atom. The number of carbonyl (C=O) groups is 3. The maximum absolute atomic E-state index is 13.4. The lowest BCUT2D eigenvalue weighted by atomic mass is 10.0. The third kappa shape index (κ3) is 8.19. The molecule has 0 aliphatic rings. The number of ether oxygens (including phenoxy) is 1. The molecule has 0 fully saturated rings. The van der Waals surface area contributed by atoms with Crippen molar-refractivity contribution in [2.75, 3.05) is 13.2 Å². The fourth-order valence-electron chi connectivity index (χ4n) is 3.37. The zero-order valence-electron chi connectivity index (χ0n) is 20.5. The minimum absolute atomic E-state index is 0.0868. The van der Waals surface area contributed by atoms with Gasteiger partial charge in [-0.3, -0.25) is 9.59 Å². The maximum Gasteiger partial charge on any atom is 0.408 e. The van der Waals surface area contributed by atoms with Gasteiger partial charge in [-0.1, -0.05) is 60.2 Å². The quantitative estimate of drug-likeness (QED) is 0.523. The van der Waals surface area contributed by atoms with E-state index in [2.05, 4.69) is 10.6 Å². The van der Waals surface area contributed by atoms with Crippen molar-refractivity contribution in [2.45, 2.75) is 58.8 Å². The Morgan fingerprint density at radius 3 is 2.21 bits per heavy atom. The molecule has 2 aromatic carbocycles. The number of aliphatic hydroxyl groups is 1.